The van der Waals surface area contributed by atoms with E-state index >= 15 is 0 Å². The molecule has 0 spiro atoms. The first-order valence-corrected chi connectivity index (χ1v) is 8.36. The molecule has 23 heavy (non-hydrogen) atoms. The van der Waals surface area contributed by atoms with E-state index in [0.29, 0.717) is 5.92 Å². The maximum absolute atomic E-state index is 10.5. The van der Waals surface area contributed by atoms with Crippen molar-refractivity contribution in [2.24, 2.45) is 13.0 Å². The molecule has 126 valence electrons. The van der Waals surface area contributed by atoms with Gasteiger partial charge >= 0.3 is 0 Å². The second-order valence-electron chi connectivity index (χ2n) is 6.79. The molecule has 0 bridgehead atoms. The molecule has 1 saturated heterocycles. The van der Waals surface area contributed by atoms with Crippen molar-refractivity contribution in [3.05, 3.63) is 36.1 Å². The highest BCUT2D eigenvalue weighted by atomic mass is 16.3. The van der Waals surface area contributed by atoms with Gasteiger partial charge in [0.1, 0.15) is 18.2 Å². The molecule has 1 fully saturated rings. The minimum absolute atomic E-state index is 0.274. The molecule has 3 heterocycles. The molecule has 0 aliphatic carbocycles. The van der Waals surface area contributed by atoms with Crippen molar-refractivity contribution in [3.8, 4) is 0 Å². The largest absolute Gasteiger partial charge is 0.448 e. The lowest BCUT2D eigenvalue weighted by atomic mass is 9.90. The van der Waals surface area contributed by atoms with Crippen molar-refractivity contribution in [2.45, 2.75) is 45.3 Å². The summed E-state index contributed by atoms with van der Waals surface area (Å²) in [6.07, 6.45) is 6.86. The Morgan fingerprint density at radius 3 is 2.65 bits per heavy atom. The Bertz CT molecular complexity index is 626. The second kappa shape index (κ2) is 6.84. The van der Waals surface area contributed by atoms with Crippen LogP contribution >= 0.6 is 0 Å². The van der Waals surface area contributed by atoms with Gasteiger partial charge in [-0.15, -0.1) is 0 Å². The van der Waals surface area contributed by atoms with Gasteiger partial charge in [0.05, 0.1) is 5.69 Å². The Labute approximate surface area is 137 Å². The lowest BCUT2D eigenvalue weighted by Gasteiger charge is -2.33. The zero-order valence-corrected chi connectivity index (χ0v) is 14.1. The summed E-state index contributed by atoms with van der Waals surface area (Å²) in [4.78, 5) is 11.2. The topological polar surface area (TPSA) is 67.3 Å². The average molecular weight is 318 g/mol. The van der Waals surface area contributed by atoms with E-state index in [0.717, 1.165) is 49.9 Å². The number of nitrogens with zero attached hydrogens (tertiary/aromatic N) is 4. The third-order valence-corrected chi connectivity index (χ3v) is 4.65. The van der Waals surface area contributed by atoms with Crippen LogP contribution in [0.25, 0.3) is 0 Å². The van der Waals surface area contributed by atoms with Gasteiger partial charge in [-0.25, -0.2) is 9.97 Å². The molecule has 0 radical (unpaired) electrons. The zero-order valence-electron chi connectivity index (χ0n) is 14.1. The second-order valence-corrected chi connectivity index (χ2v) is 6.79. The molecule has 1 atom stereocenters. The summed E-state index contributed by atoms with van der Waals surface area (Å²) in [5.41, 5.74) is 0.997. The number of aryl methyl sites for hydroxylation is 1. The van der Waals surface area contributed by atoms with Gasteiger partial charge < -0.3 is 14.1 Å². The Hall–Kier alpha value is -1.66. The number of oxazole rings is 1. The van der Waals surface area contributed by atoms with Crippen molar-refractivity contribution in [3.63, 3.8) is 0 Å². The third-order valence-electron chi connectivity index (χ3n) is 4.65. The molecule has 1 aliphatic heterocycles. The van der Waals surface area contributed by atoms with E-state index < -0.39 is 6.10 Å². The zero-order chi connectivity index (χ0) is 16.4. The van der Waals surface area contributed by atoms with Gasteiger partial charge in [0, 0.05) is 31.9 Å². The number of hydrogen-bond acceptors (Lipinski definition) is 5. The van der Waals surface area contributed by atoms with Crippen molar-refractivity contribution in [2.75, 3.05) is 13.1 Å². The summed E-state index contributed by atoms with van der Waals surface area (Å²) in [7, 11) is 1.93. The van der Waals surface area contributed by atoms with Gasteiger partial charge in [0.2, 0.25) is 0 Å². The maximum Gasteiger partial charge on any atom is 0.196 e. The number of imidazole rings is 1. The van der Waals surface area contributed by atoms with Crippen LogP contribution in [0.5, 0.6) is 0 Å². The summed E-state index contributed by atoms with van der Waals surface area (Å²) in [6.45, 7) is 6.92. The van der Waals surface area contributed by atoms with Crippen LogP contribution in [-0.2, 0) is 13.6 Å². The molecule has 6 heteroatoms. The number of aromatic nitrogens is 3. The Morgan fingerprint density at radius 2 is 2.09 bits per heavy atom. The predicted octanol–water partition coefficient (Wildman–Crippen LogP) is 2.48. The lowest BCUT2D eigenvalue weighted by molar-refractivity contribution is 0.0489. The Kier molecular flexibility index (Phi) is 4.82. The molecule has 1 unspecified atom stereocenters. The summed E-state index contributed by atoms with van der Waals surface area (Å²) < 4.78 is 7.40. The number of hydrogen-bond donors (Lipinski definition) is 1. The van der Waals surface area contributed by atoms with Crippen LogP contribution in [0.4, 0.5) is 0 Å². The molecule has 0 aromatic carbocycles. The van der Waals surface area contributed by atoms with Crippen molar-refractivity contribution >= 4 is 0 Å². The van der Waals surface area contributed by atoms with E-state index in [1.807, 2.05) is 17.8 Å². The van der Waals surface area contributed by atoms with E-state index in [9.17, 15) is 5.11 Å². The standard InChI is InChI=1S/C17H26N4O2/c1-12(2)17-19-14(11-23-17)10-21-7-4-13(5-8-21)15(22)16-18-6-9-20(16)3/h6,9,11-13,15,22H,4-5,7-8,10H2,1-3H3. The van der Waals surface area contributed by atoms with Crippen LogP contribution in [0, 0.1) is 5.92 Å². The average Bonchev–Trinajstić information content (AvgIpc) is 3.16. The number of rotatable bonds is 5. The van der Waals surface area contributed by atoms with Crippen LogP contribution in [0.1, 0.15) is 56.1 Å². The fourth-order valence-corrected chi connectivity index (χ4v) is 3.19. The van der Waals surface area contributed by atoms with E-state index in [2.05, 4.69) is 28.7 Å². The highest BCUT2D eigenvalue weighted by Gasteiger charge is 2.28. The minimum Gasteiger partial charge on any atom is -0.448 e. The van der Waals surface area contributed by atoms with E-state index in [-0.39, 0.29) is 5.92 Å². The lowest BCUT2D eigenvalue weighted by Crippen LogP contribution is -2.35. The van der Waals surface area contributed by atoms with Crippen LogP contribution in [-0.4, -0.2) is 37.6 Å². The van der Waals surface area contributed by atoms with Crippen LogP contribution in [0.15, 0.2) is 23.1 Å². The first-order valence-electron chi connectivity index (χ1n) is 8.36. The summed E-state index contributed by atoms with van der Waals surface area (Å²) in [6, 6.07) is 0. The van der Waals surface area contributed by atoms with E-state index in [1.54, 1.807) is 12.5 Å². The fraction of sp³-hybridized carbons (Fsp3) is 0.647. The van der Waals surface area contributed by atoms with Gasteiger partial charge in [0.25, 0.3) is 0 Å². The molecule has 0 saturated carbocycles. The fourth-order valence-electron chi connectivity index (χ4n) is 3.19. The molecule has 2 aromatic heterocycles. The molecule has 0 amide bonds. The molecule has 3 rings (SSSR count). The van der Waals surface area contributed by atoms with Crippen molar-refractivity contribution < 1.29 is 9.52 Å². The summed E-state index contributed by atoms with van der Waals surface area (Å²) in [5, 5.41) is 10.5. The van der Waals surface area contributed by atoms with Gasteiger partial charge in [-0.2, -0.15) is 0 Å². The smallest absolute Gasteiger partial charge is 0.196 e. The SMILES string of the molecule is CC(C)c1nc(CN2CCC(C(O)c3nccn3C)CC2)co1. The maximum atomic E-state index is 10.5. The molecular weight excluding hydrogens is 292 g/mol. The highest BCUT2D eigenvalue weighted by molar-refractivity contribution is 5.01. The van der Waals surface area contributed by atoms with Crippen molar-refractivity contribution in [1.29, 1.82) is 0 Å². The van der Waals surface area contributed by atoms with E-state index in [1.165, 1.54) is 0 Å². The first-order chi connectivity index (χ1) is 11.0. The predicted molar refractivity (Wildman–Crippen MR) is 86.8 cm³/mol. The number of likely N-dealkylation sites (tertiary alicyclic amines) is 1. The van der Waals surface area contributed by atoms with Gasteiger partial charge in [-0.1, -0.05) is 13.8 Å². The number of aliphatic hydroxyl groups is 1. The van der Waals surface area contributed by atoms with Gasteiger partial charge in [-0.05, 0) is 31.8 Å². The van der Waals surface area contributed by atoms with Crippen LogP contribution in [0.3, 0.4) is 0 Å². The summed E-state index contributed by atoms with van der Waals surface area (Å²) in [5.74, 6) is 2.17. The molecule has 1 aliphatic rings. The Morgan fingerprint density at radius 1 is 1.35 bits per heavy atom. The highest BCUT2D eigenvalue weighted by Crippen LogP contribution is 2.30. The normalized spacial score (nSPS) is 18.7. The minimum atomic E-state index is -0.475. The number of piperidine rings is 1. The van der Waals surface area contributed by atoms with Crippen molar-refractivity contribution in [1.82, 2.24) is 19.4 Å². The monoisotopic (exact) mass is 318 g/mol. The van der Waals surface area contributed by atoms with E-state index in [4.69, 9.17) is 4.42 Å². The Balaban J connectivity index is 1.53. The summed E-state index contributed by atoms with van der Waals surface area (Å²) >= 11 is 0. The van der Waals surface area contributed by atoms with Gasteiger partial charge in [-0.3, -0.25) is 4.90 Å². The first kappa shape index (κ1) is 16.2. The molecule has 6 nitrogen and oxygen atoms in total. The molecular formula is C17H26N4O2. The van der Waals surface area contributed by atoms with Crippen LogP contribution < -0.4 is 0 Å². The number of aliphatic hydroxyl groups excluding tert-OH is 1. The van der Waals surface area contributed by atoms with Gasteiger partial charge in [0.15, 0.2) is 5.89 Å². The van der Waals surface area contributed by atoms with Crippen LogP contribution in [0.2, 0.25) is 0 Å². The quantitative estimate of drug-likeness (QED) is 0.917. The molecule has 1 N–H and O–H groups in total. The third kappa shape index (κ3) is 3.64. The molecule has 2 aromatic rings.